The molecule has 13 rings (SSSR count). The lowest BCUT2D eigenvalue weighted by Gasteiger charge is -2.63. The lowest BCUT2D eigenvalue weighted by Crippen LogP contribution is -2.74. The van der Waals surface area contributed by atoms with Crippen molar-refractivity contribution in [3.05, 3.63) is 69.0 Å². The Balaban J connectivity index is 1.03. The first-order chi connectivity index (χ1) is 23.2. The van der Waals surface area contributed by atoms with Crippen LogP contribution in [0.3, 0.4) is 0 Å². The highest BCUT2D eigenvalue weighted by molar-refractivity contribution is 5.69. The van der Waals surface area contributed by atoms with E-state index < -0.39 is 34.2 Å². The number of benzene rings is 2. The quantitative estimate of drug-likeness (QED) is 0.292. The van der Waals surface area contributed by atoms with Crippen molar-refractivity contribution < 1.29 is 29.9 Å². The minimum atomic E-state index is -1.09. The average Bonchev–Trinajstić information content (AvgIpc) is 3.95. The standard InChI is InChI=1S/C39H41N3O6/c43-24-7-5-20-11-26-38(45)13-22-23-14-39(46)27-12-21-6-8-25(44)33-29(21)37(39,17-42(27)16-19-3-4-19)35(48-33)31(23)40-30(22)34-36(38,28(20)32(24)47-34)9-10-41(26)15-18-1-2-18/h5-8,18-19,26-27,34-35,40,43-46H,1-4,9-17H2/t26?,27?,34-,35-,36?,37?,38+,39+/m0/s1. The average molecular weight is 648 g/mol. The van der Waals surface area contributed by atoms with Crippen LogP contribution in [-0.2, 0) is 36.5 Å². The molecule has 9 nitrogen and oxygen atoms in total. The summed E-state index contributed by atoms with van der Waals surface area (Å²) >= 11 is 0. The Kier molecular flexibility index (Phi) is 4.37. The van der Waals surface area contributed by atoms with E-state index >= 15 is 0 Å². The van der Waals surface area contributed by atoms with Crippen LogP contribution in [-0.4, -0.2) is 84.7 Å². The Morgan fingerprint density at radius 3 is 1.83 bits per heavy atom. The smallest absolute Gasteiger partial charge is 0.166 e. The molecule has 48 heavy (non-hydrogen) atoms. The number of fused-ring (bicyclic) bond motifs is 5. The van der Waals surface area contributed by atoms with Gasteiger partial charge in [0.1, 0.15) is 0 Å². The summed E-state index contributed by atoms with van der Waals surface area (Å²) < 4.78 is 13.8. The third-order valence-electron chi connectivity index (χ3n) is 15.4. The van der Waals surface area contributed by atoms with Gasteiger partial charge in [-0.15, -0.1) is 0 Å². The van der Waals surface area contributed by atoms with Crippen molar-refractivity contribution in [2.75, 3.05) is 26.2 Å². The molecule has 2 spiro atoms. The molecular weight excluding hydrogens is 606 g/mol. The van der Waals surface area contributed by atoms with Gasteiger partial charge in [-0.1, -0.05) is 12.1 Å². The summed E-state index contributed by atoms with van der Waals surface area (Å²) in [7, 11) is 0. The predicted molar refractivity (Wildman–Crippen MR) is 173 cm³/mol. The number of aromatic hydroxyl groups is 2. The maximum atomic E-state index is 13.4. The summed E-state index contributed by atoms with van der Waals surface area (Å²) in [5.74, 6) is 2.73. The Labute approximate surface area is 278 Å². The van der Waals surface area contributed by atoms with E-state index in [1.165, 1.54) is 36.8 Å². The molecule has 4 aliphatic heterocycles. The number of aliphatic hydroxyl groups is 2. The molecule has 9 heteroatoms. The number of nitrogens with zero attached hydrogens (tertiary/aromatic N) is 2. The molecular formula is C39H41N3O6. The number of phenolic OH excluding ortho intramolecular Hbond substituents is 2. The fourth-order valence-electron chi connectivity index (χ4n) is 13.1. The van der Waals surface area contributed by atoms with Gasteiger partial charge in [-0.05, 0) is 97.7 Å². The number of likely N-dealkylation sites (tertiary alicyclic amines) is 2. The van der Waals surface area contributed by atoms with Crippen molar-refractivity contribution in [1.82, 2.24) is 14.8 Å². The summed E-state index contributed by atoms with van der Waals surface area (Å²) in [5.41, 5.74) is 4.89. The van der Waals surface area contributed by atoms with Crippen LogP contribution in [0.4, 0.5) is 0 Å². The van der Waals surface area contributed by atoms with Crippen LogP contribution in [0.1, 0.15) is 89.1 Å². The molecule has 4 bridgehead atoms. The number of H-pyrrole nitrogens is 1. The number of hydrogen-bond donors (Lipinski definition) is 5. The Morgan fingerprint density at radius 1 is 0.708 bits per heavy atom. The van der Waals surface area contributed by atoms with Crippen LogP contribution >= 0.6 is 0 Å². The molecule has 5 N–H and O–H groups in total. The zero-order valence-electron chi connectivity index (χ0n) is 27.0. The van der Waals surface area contributed by atoms with E-state index in [2.05, 4.69) is 20.9 Å². The Hall–Kier alpha value is -3.24. The molecule has 4 unspecified atom stereocenters. The summed E-state index contributed by atoms with van der Waals surface area (Å²) in [6.45, 7) is 3.62. The van der Waals surface area contributed by atoms with Gasteiger partial charge < -0.3 is 34.9 Å². The first-order valence-electron chi connectivity index (χ1n) is 18.5. The highest BCUT2D eigenvalue weighted by atomic mass is 16.5. The molecule has 2 saturated carbocycles. The topological polar surface area (TPSA) is 122 Å². The van der Waals surface area contributed by atoms with E-state index in [1.807, 2.05) is 6.07 Å². The molecule has 8 atom stereocenters. The van der Waals surface area contributed by atoms with Gasteiger partial charge in [0.2, 0.25) is 0 Å². The second-order valence-electron chi connectivity index (χ2n) is 17.4. The van der Waals surface area contributed by atoms with E-state index in [0.29, 0.717) is 42.7 Å². The van der Waals surface area contributed by atoms with Crippen LogP contribution in [0.2, 0.25) is 0 Å². The van der Waals surface area contributed by atoms with Gasteiger partial charge in [-0.2, -0.15) is 0 Å². The van der Waals surface area contributed by atoms with Crippen molar-refractivity contribution in [2.24, 2.45) is 11.8 Å². The van der Waals surface area contributed by atoms with Gasteiger partial charge in [-0.25, -0.2) is 0 Å². The van der Waals surface area contributed by atoms with E-state index in [-0.39, 0.29) is 23.6 Å². The fourth-order valence-corrected chi connectivity index (χ4v) is 13.1. The van der Waals surface area contributed by atoms with Crippen molar-refractivity contribution in [3.8, 4) is 23.0 Å². The number of nitrogens with one attached hydrogen (secondary N) is 1. The molecule has 1 aromatic heterocycles. The minimum absolute atomic E-state index is 0.0431. The van der Waals surface area contributed by atoms with E-state index in [0.717, 1.165) is 72.5 Å². The zero-order valence-corrected chi connectivity index (χ0v) is 27.0. The van der Waals surface area contributed by atoms with E-state index in [9.17, 15) is 20.4 Å². The van der Waals surface area contributed by atoms with Gasteiger partial charge in [-0.3, -0.25) is 9.80 Å². The number of piperidine rings is 1. The minimum Gasteiger partial charge on any atom is -0.504 e. The number of aromatic nitrogens is 1. The van der Waals surface area contributed by atoms with Crippen molar-refractivity contribution in [3.63, 3.8) is 0 Å². The summed E-state index contributed by atoms with van der Waals surface area (Å²) in [5, 5.41) is 49.1. The van der Waals surface area contributed by atoms with E-state index in [4.69, 9.17) is 9.47 Å². The van der Waals surface area contributed by atoms with Crippen LogP contribution in [0.25, 0.3) is 0 Å². The highest BCUT2D eigenvalue weighted by Crippen LogP contribution is 2.73. The van der Waals surface area contributed by atoms with Crippen molar-refractivity contribution >= 4 is 0 Å². The second-order valence-corrected chi connectivity index (χ2v) is 17.4. The molecule has 2 saturated heterocycles. The van der Waals surface area contributed by atoms with Gasteiger partial charge in [0, 0.05) is 55.7 Å². The van der Waals surface area contributed by atoms with Crippen molar-refractivity contribution in [1.29, 1.82) is 0 Å². The van der Waals surface area contributed by atoms with Gasteiger partial charge in [0.15, 0.2) is 35.2 Å². The molecule has 6 aliphatic carbocycles. The van der Waals surface area contributed by atoms with Crippen LogP contribution in [0.5, 0.6) is 23.0 Å². The number of aromatic amines is 1. The lowest BCUT2D eigenvalue weighted by atomic mass is 9.48. The molecule has 3 aromatic rings. The Bertz CT molecular complexity index is 2040. The maximum absolute atomic E-state index is 13.4. The highest BCUT2D eigenvalue weighted by Gasteiger charge is 2.78. The van der Waals surface area contributed by atoms with Crippen LogP contribution in [0, 0.1) is 11.8 Å². The van der Waals surface area contributed by atoms with Crippen LogP contribution in [0.15, 0.2) is 24.3 Å². The van der Waals surface area contributed by atoms with Crippen LogP contribution < -0.4 is 9.47 Å². The zero-order chi connectivity index (χ0) is 31.7. The summed E-state index contributed by atoms with van der Waals surface area (Å²) in [6.07, 6.45) is 7.26. The molecule has 248 valence electrons. The SMILES string of the molecule is Oc1ccc2c3c1O[C@H]1c4[nH]c5c(c4C[C@@]4(O)C(C2)N(CC2CC2)CCC314)C[C@@]1(O)C2Cc3ccc(O)c4c3C1(CN2CC1CC1)[C@H]5O4. The first kappa shape index (κ1) is 26.6. The third kappa shape index (κ3) is 2.65. The number of ether oxygens (including phenoxy) is 2. The fraction of sp³-hybridized carbons (Fsp3) is 0.590. The predicted octanol–water partition coefficient (Wildman–Crippen LogP) is 3.43. The normalized spacial score (nSPS) is 41.7. The maximum Gasteiger partial charge on any atom is 0.166 e. The molecule has 2 aromatic carbocycles. The van der Waals surface area contributed by atoms with Gasteiger partial charge in [0.05, 0.1) is 33.4 Å². The largest absolute Gasteiger partial charge is 0.504 e. The molecule has 0 amide bonds. The molecule has 4 fully saturated rings. The molecule has 5 heterocycles. The first-order valence-corrected chi connectivity index (χ1v) is 18.5. The van der Waals surface area contributed by atoms with E-state index in [1.54, 1.807) is 12.1 Å². The Morgan fingerprint density at radius 2 is 1.23 bits per heavy atom. The number of rotatable bonds is 4. The lowest BCUT2D eigenvalue weighted by molar-refractivity contribution is -0.173. The van der Waals surface area contributed by atoms with Gasteiger partial charge in [0.25, 0.3) is 0 Å². The molecule has 0 radical (unpaired) electrons. The monoisotopic (exact) mass is 647 g/mol. The van der Waals surface area contributed by atoms with Gasteiger partial charge >= 0.3 is 0 Å². The number of hydrogen-bond acceptors (Lipinski definition) is 8. The summed E-state index contributed by atoms with van der Waals surface area (Å²) in [4.78, 5) is 9.01. The second kappa shape index (κ2) is 7.88. The van der Waals surface area contributed by atoms with Crippen molar-refractivity contribution in [2.45, 2.75) is 104 Å². The number of phenols is 2. The molecule has 10 aliphatic rings. The summed E-state index contributed by atoms with van der Waals surface area (Å²) in [6, 6.07) is 7.54. The third-order valence-corrected chi connectivity index (χ3v) is 15.4.